The van der Waals surface area contributed by atoms with Gasteiger partial charge in [0.05, 0.1) is 17.6 Å². The number of carbonyl (C=O) groups excluding carboxylic acids is 1. The highest BCUT2D eigenvalue weighted by Crippen LogP contribution is 2.27. The van der Waals surface area contributed by atoms with E-state index in [1.807, 2.05) is 33.8 Å². The van der Waals surface area contributed by atoms with E-state index in [1.54, 1.807) is 11.0 Å². The minimum Gasteiger partial charge on any atom is -0.496 e. The fourth-order valence-corrected chi connectivity index (χ4v) is 5.35. The van der Waals surface area contributed by atoms with Gasteiger partial charge in [0.15, 0.2) is 0 Å². The summed E-state index contributed by atoms with van der Waals surface area (Å²) in [6, 6.07) is 8.15. The van der Waals surface area contributed by atoms with Crippen molar-refractivity contribution in [3.63, 3.8) is 0 Å². The molecule has 3 rings (SSSR count). The second kappa shape index (κ2) is 9.40. The zero-order chi connectivity index (χ0) is 22.8. The quantitative estimate of drug-likeness (QED) is 0.721. The Bertz CT molecular complexity index is 1070. The molecule has 1 fully saturated rings. The van der Waals surface area contributed by atoms with Gasteiger partial charge in [-0.2, -0.15) is 0 Å². The van der Waals surface area contributed by atoms with E-state index >= 15 is 0 Å². The largest absolute Gasteiger partial charge is 0.496 e. The number of nitrogens with zero attached hydrogens (tertiary/aromatic N) is 1. The SMILES string of the molecule is COc1ccc(S(=O)(=O)N[C@@H](C)c2cc(C)c(C)cc2C)cc1C(=O)N1CCCCC1. The number of hydrogen-bond donors (Lipinski definition) is 1. The molecule has 0 saturated carbocycles. The summed E-state index contributed by atoms with van der Waals surface area (Å²) in [5, 5.41) is 0. The van der Waals surface area contributed by atoms with Crippen LogP contribution in [0.4, 0.5) is 0 Å². The molecule has 0 unspecified atom stereocenters. The summed E-state index contributed by atoms with van der Waals surface area (Å²) in [5.74, 6) is 0.194. The van der Waals surface area contributed by atoms with Crippen LogP contribution in [0.2, 0.25) is 0 Å². The second-order valence-corrected chi connectivity index (χ2v) is 10.1. The van der Waals surface area contributed by atoms with Crippen LogP contribution < -0.4 is 9.46 Å². The first-order valence-corrected chi connectivity index (χ1v) is 12.2. The lowest BCUT2D eigenvalue weighted by Crippen LogP contribution is -2.36. The van der Waals surface area contributed by atoms with Crippen molar-refractivity contribution in [3.8, 4) is 5.75 Å². The molecule has 6 nitrogen and oxygen atoms in total. The lowest BCUT2D eigenvalue weighted by Gasteiger charge is -2.27. The number of piperidine rings is 1. The van der Waals surface area contributed by atoms with Gasteiger partial charge in [0, 0.05) is 19.1 Å². The van der Waals surface area contributed by atoms with Crippen LogP contribution in [0, 0.1) is 20.8 Å². The van der Waals surface area contributed by atoms with Crippen LogP contribution in [0.25, 0.3) is 0 Å². The Balaban J connectivity index is 1.90. The zero-order valence-electron chi connectivity index (χ0n) is 19.0. The van der Waals surface area contributed by atoms with Gasteiger partial charge in [-0.3, -0.25) is 4.79 Å². The highest BCUT2D eigenvalue weighted by atomic mass is 32.2. The molecule has 1 atom stereocenters. The molecule has 1 N–H and O–H groups in total. The van der Waals surface area contributed by atoms with Crippen molar-refractivity contribution in [1.29, 1.82) is 0 Å². The molecule has 1 saturated heterocycles. The Labute approximate surface area is 185 Å². The highest BCUT2D eigenvalue weighted by Gasteiger charge is 2.26. The minimum absolute atomic E-state index is 0.0574. The third-order valence-electron chi connectivity index (χ3n) is 6.04. The number of ether oxygens (including phenoxy) is 1. The van der Waals surface area contributed by atoms with E-state index in [2.05, 4.69) is 10.8 Å². The van der Waals surface area contributed by atoms with Gasteiger partial charge in [-0.1, -0.05) is 12.1 Å². The molecule has 2 aromatic rings. The molecule has 0 radical (unpaired) electrons. The maximum atomic E-state index is 13.2. The molecule has 2 aromatic carbocycles. The summed E-state index contributed by atoms with van der Waals surface area (Å²) >= 11 is 0. The van der Waals surface area contributed by atoms with Gasteiger partial charge in [-0.15, -0.1) is 0 Å². The molecule has 31 heavy (non-hydrogen) atoms. The number of aryl methyl sites for hydroxylation is 3. The van der Waals surface area contributed by atoms with Crippen molar-refractivity contribution in [1.82, 2.24) is 9.62 Å². The summed E-state index contributed by atoms with van der Waals surface area (Å²) in [6.45, 7) is 9.23. The van der Waals surface area contributed by atoms with E-state index in [1.165, 1.54) is 24.8 Å². The van der Waals surface area contributed by atoms with Crippen molar-refractivity contribution < 1.29 is 17.9 Å². The van der Waals surface area contributed by atoms with E-state index in [0.717, 1.165) is 36.0 Å². The average Bonchev–Trinajstić information content (AvgIpc) is 2.75. The van der Waals surface area contributed by atoms with Crippen LogP contribution >= 0.6 is 0 Å². The van der Waals surface area contributed by atoms with Gasteiger partial charge in [0.2, 0.25) is 10.0 Å². The molecule has 1 aliphatic heterocycles. The van der Waals surface area contributed by atoms with Crippen LogP contribution in [0.15, 0.2) is 35.2 Å². The number of benzene rings is 2. The molecule has 7 heteroatoms. The zero-order valence-corrected chi connectivity index (χ0v) is 19.8. The van der Waals surface area contributed by atoms with Gasteiger partial charge in [0.25, 0.3) is 5.91 Å². The Morgan fingerprint density at radius 1 is 1.00 bits per heavy atom. The van der Waals surface area contributed by atoms with E-state index in [4.69, 9.17) is 4.74 Å². The average molecular weight is 445 g/mol. The topological polar surface area (TPSA) is 75.7 Å². The van der Waals surface area contributed by atoms with Crippen molar-refractivity contribution in [2.75, 3.05) is 20.2 Å². The van der Waals surface area contributed by atoms with Crippen molar-refractivity contribution in [2.45, 2.75) is 57.9 Å². The molecule has 0 aromatic heterocycles. The number of likely N-dealkylation sites (tertiary alicyclic amines) is 1. The van der Waals surface area contributed by atoms with Crippen LogP contribution in [0.3, 0.4) is 0 Å². The Hall–Kier alpha value is -2.38. The first kappa shape index (κ1) is 23.3. The summed E-state index contributed by atoms with van der Waals surface area (Å²) in [4.78, 5) is 14.9. The molecular formula is C24H32N2O4S. The van der Waals surface area contributed by atoms with Gasteiger partial charge in [0.1, 0.15) is 5.75 Å². The molecule has 1 aliphatic rings. The lowest BCUT2D eigenvalue weighted by atomic mass is 9.97. The maximum Gasteiger partial charge on any atom is 0.257 e. The van der Waals surface area contributed by atoms with Gasteiger partial charge >= 0.3 is 0 Å². The Morgan fingerprint density at radius 2 is 1.65 bits per heavy atom. The smallest absolute Gasteiger partial charge is 0.257 e. The summed E-state index contributed by atoms with van der Waals surface area (Å²) in [5.41, 5.74) is 4.54. The number of rotatable bonds is 6. The number of amides is 1. The van der Waals surface area contributed by atoms with Crippen molar-refractivity contribution in [2.24, 2.45) is 0 Å². The van der Waals surface area contributed by atoms with E-state index in [0.29, 0.717) is 18.8 Å². The number of sulfonamides is 1. The van der Waals surface area contributed by atoms with Crippen LogP contribution in [-0.2, 0) is 10.0 Å². The second-order valence-electron chi connectivity index (χ2n) is 8.35. The molecule has 1 heterocycles. The van der Waals surface area contributed by atoms with Crippen molar-refractivity contribution in [3.05, 3.63) is 58.1 Å². The summed E-state index contributed by atoms with van der Waals surface area (Å²) in [6.07, 6.45) is 3.02. The fourth-order valence-electron chi connectivity index (χ4n) is 4.10. The normalized spacial score (nSPS) is 15.6. The first-order valence-electron chi connectivity index (χ1n) is 10.7. The highest BCUT2D eigenvalue weighted by molar-refractivity contribution is 7.89. The molecule has 168 valence electrons. The number of nitrogens with one attached hydrogen (secondary N) is 1. The molecule has 0 aliphatic carbocycles. The van der Waals surface area contributed by atoms with Crippen LogP contribution in [0.5, 0.6) is 5.75 Å². The van der Waals surface area contributed by atoms with Gasteiger partial charge in [-0.25, -0.2) is 13.1 Å². The van der Waals surface area contributed by atoms with Gasteiger partial charge < -0.3 is 9.64 Å². The Morgan fingerprint density at radius 3 is 2.29 bits per heavy atom. The molecular weight excluding hydrogens is 412 g/mol. The van der Waals surface area contributed by atoms with Gasteiger partial charge in [-0.05, 0) is 87.4 Å². The third kappa shape index (κ3) is 5.10. The third-order valence-corrected chi connectivity index (χ3v) is 7.57. The predicted molar refractivity (Wildman–Crippen MR) is 122 cm³/mol. The lowest BCUT2D eigenvalue weighted by molar-refractivity contribution is 0.0720. The molecule has 1 amide bonds. The van der Waals surface area contributed by atoms with E-state index in [9.17, 15) is 13.2 Å². The number of methoxy groups -OCH3 is 1. The van der Waals surface area contributed by atoms with Crippen LogP contribution in [-0.4, -0.2) is 39.4 Å². The summed E-state index contributed by atoms with van der Waals surface area (Å²) in [7, 11) is -2.35. The maximum absolute atomic E-state index is 13.2. The Kier molecular flexibility index (Phi) is 7.06. The molecule has 0 bridgehead atoms. The molecule has 0 spiro atoms. The van der Waals surface area contributed by atoms with E-state index < -0.39 is 16.1 Å². The van der Waals surface area contributed by atoms with Crippen molar-refractivity contribution >= 4 is 15.9 Å². The fraction of sp³-hybridized carbons (Fsp3) is 0.458. The summed E-state index contributed by atoms with van der Waals surface area (Å²) < 4.78 is 34.4. The van der Waals surface area contributed by atoms with Crippen LogP contribution in [0.1, 0.15) is 64.8 Å². The standard InChI is InChI=1S/C24H32N2O4S/c1-16-13-18(3)21(14-17(16)2)19(4)25-31(28,29)20-9-10-23(30-5)22(15-20)24(27)26-11-7-6-8-12-26/h9-10,13-15,19,25H,6-8,11-12H2,1-5H3/t19-/m0/s1. The predicted octanol–water partition coefficient (Wildman–Crippen LogP) is 4.29. The number of hydrogen-bond acceptors (Lipinski definition) is 4. The minimum atomic E-state index is -3.84. The first-order chi connectivity index (χ1) is 14.6. The monoisotopic (exact) mass is 444 g/mol. The van der Waals surface area contributed by atoms with E-state index in [-0.39, 0.29) is 16.4 Å². The number of carbonyl (C=O) groups is 1.